The number of benzene rings is 1. The Labute approximate surface area is 149 Å². The second-order valence-corrected chi connectivity index (χ2v) is 6.17. The zero-order chi connectivity index (χ0) is 18.1. The molecular weight excluding hydrogens is 310 g/mol. The van der Waals surface area contributed by atoms with Crippen LogP contribution in [0.25, 0.3) is 16.5 Å². The SMILES string of the molecule is C/C(=C\C(C#N)=C/N)c1ccc2ncnc(N)c2c1.C1CCCCC1. The van der Waals surface area contributed by atoms with Crippen molar-refractivity contribution in [2.45, 2.75) is 45.4 Å². The number of nitriles is 1. The van der Waals surface area contributed by atoms with Crippen molar-refractivity contribution >= 4 is 22.3 Å². The summed E-state index contributed by atoms with van der Waals surface area (Å²) in [5.41, 5.74) is 14.2. The molecule has 0 unspecified atom stereocenters. The number of fused-ring (bicyclic) bond motifs is 1. The van der Waals surface area contributed by atoms with Gasteiger partial charge in [-0.3, -0.25) is 0 Å². The first-order valence-corrected chi connectivity index (χ1v) is 8.66. The van der Waals surface area contributed by atoms with Crippen LogP contribution in [0.15, 0.2) is 42.4 Å². The lowest BCUT2D eigenvalue weighted by molar-refractivity contribution is 0.504. The lowest BCUT2D eigenvalue weighted by Crippen LogP contribution is -1.94. The Morgan fingerprint density at radius 1 is 1.12 bits per heavy atom. The molecule has 0 amide bonds. The van der Waals surface area contributed by atoms with Crippen molar-refractivity contribution in [3.05, 3.63) is 47.9 Å². The number of allylic oxidation sites excluding steroid dienone is 3. The molecule has 2 aromatic rings. The first-order valence-electron chi connectivity index (χ1n) is 8.66. The predicted octanol–water partition coefficient (Wildman–Crippen LogP) is 4.32. The zero-order valence-corrected chi connectivity index (χ0v) is 14.7. The summed E-state index contributed by atoms with van der Waals surface area (Å²) < 4.78 is 0. The molecule has 1 aromatic carbocycles. The molecule has 25 heavy (non-hydrogen) atoms. The van der Waals surface area contributed by atoms with Gasteiger partial charge in [0, 0.05) is 11.6 Å². The van der Waals surface area contributed by atoms with Gasteiger partial charge in [0.15, 0.2) is 0 Å². The van der Waals surface area contributed by atoms with E-state index in [-0.39, 0.29) is 0 Å². The summed E-state index contributed by atoms with van der Waals surface area (Å²) in [7, 11) is 0. The van der Waals surface area contributed by atoms with Crippen LogP contribution in [0.1, 0.15) is 51.0 Å². The third-order valence-electron chi connectivity index (χ3n) is 4.30. The molecule has 0 saturated heterocycles. The molecule has 3 rings (SSSR count). The number of nitrogen functional groups attached to an aromatic ring is 1. The molecule has 1 fully saturated rings. The summed E-state index contributed by atoms with van der Waals surface area (Å²) in [6, 6.07) is 7.71. The number of aromatic nitrogens is 2. The molecule has 1 aliphatic carbocycles. The van der Waals surface area contributed by atoms with Crippen molar-refractivity contribution < 1.29 is 0 Å². The topological polar surface area (TPSA) is 102 Å². The minimum Gasteiger partial charge on any atom is -0.404 e. The van der Waals surface area contributed by atoms with Crippen molar-refractivity contribution in [1.29, 1.82) is 5.26 Å². The Morgan fingerprint density at radius 2 is 1.76 bits per heavy atom. The Bertz CT molecular complexity index is 799. The number of hydrogen-bond acceptors (Lipinski definition) is 5. The highest BCUT2D eigenvalue weighted by Gasteiger charge is 2.03. The van der Waals surface area contributed by atoms with E-state index in [0.29, 0.717) is 11.4 Å². The number of rotatable bonds is 2. The molecule has 5 heteroatoms. The molecular formula is C20H25N5. The van der Waals surface area contributed by atoms with E-state index in [0.717, 1.165) is 22.0 Å². The van der Waals surface area contributed by atoms with Gasteiger partial charge in [-0.2, -0.15) is 5.26 Å². The third-order valence-corrected chi connectivity index (χ3v) is 4.30. The van der Waals surface area contributed by atoms with Crippen LogP contribution < -0.4 is 11.5 Å². The average molecular weight is 335 g/mol. The lowest BCUT2D eigenvalue weighted by Gasteiger charge is -2.05. The van der Waals surface area contributed by atoms with E-state index in [9.17, 15) is 0 Å². The van der Waals surface area contributed by atoms with Gasteiger partial charge in [-0.05, 0) is 36.3 Å². The van der Waals surface area contributed by atoms with E-state index in [2.05, 4.69) is 9.97 Å². The molecule has 1 heterocycles. The fourth-order valence-corrected chi connectivity index (χ4v) is 2.82. The van der Waals surface area contributed by atoms with E-state index < -0.39 is 0 Å². The quantitative estimate of drug-likeness (QED) is 0.628. The molecule has 0 spiro atoms. The zero-order valence-electron chi connectivity index (χ0n) is 14.7. The monoisotopic (exact) mass is 335 g/mol. The first kappa shape index (κ1) is 18.5. The predicted molar refractivity (Wildman–Crippen MR) is 103 cm³/mol. The lowest BCUT2D eigenvalue weighted by atomic mass is 10.0. The van der Waals surface area contributed by atoms with Crippen LogP contribution in [-0.4, -0.2) is 9.97 Å². The summed E-state index contributed by atoms with van der Waals surface area (Å²) in [5.74, 6) is 0.439. The van der Waals surface area contributed by atoms with Crippen LogP contribution in [0.2, 0.25) is 0 Å². The number of anilines is 1. The Kier molecular flexibility index (Phi) is 6.97. The fourth-order valence-electron chi connectivity index (χ4n) is 2.82. The van der Waals surface area contributed by atoms with Gasteiger partial charge >= 0.3 is 0 Å². The highest BCUT2D eigenvalue weighted by atomic mass is 14.9. The van der Waals surface area contributed by atoms with Gasteiger partial charge in [-0.15, -0.1) is 0 Å². The van der Waals surface area contributed by atoms with Gasteiger partial charge in [0.1, 0.15) is 18.2 Å². The van der Waals surface area contributed by atoms with Crippen LogP contribution in [-0.2, 0) is 0 Å². The van der Waals surface area contributed by atoms with Crippen molar-refractivity contribution in [2.75, 3.05) is 5.73 Å². The molecule has 0 radical (unpaired) electrons. The smallest absolute Gasteiger partial charge is 0.134 e. The summed E-state index contributed by atoms with van der Waals surface area (Å²) in [6.45, 7) is 1.90. The second kappa shape index (κ2) is 9.43. The Balaban J connectivity index is 0.000000316. The molecule has 4 N–H and O–H groups in total. The molecule has 1 saturated carbocycles. The largest absolute Gasteiger partial charge is 0.404 e. The molecule has 0 bridgehead atoms. The molecule has 0 aliphatic heterocycles. The summed E-state index contributed by atoms with van der Waals surface area (Å²) in [6.07, 6.45) is 13.4. The first-order chi connectivity index (χ1) is 12.2. The maximum atomic E-state index is 8.85. The molecule has 5 nitrogen and oxygen atoms in total. The summed E-state index contributed by atoms with van der Waals surface area (Å²) in [4.78, 5) is 8.11. The molecule has 0 atom stereocenters. The van der Waals surface area contributed by atoms with E-state index in [1.165, 1.54) is 51.1 Å². The molecule has 1 aromatic heterocycles. The van der Waals surface area contributed by atoms with E-state index in [1.54, 1.807) is 6.08 Å². The number of nitrogens with two attached hydrogens (primary N) is 2. The fraction of sp³-hybridized carbons (Fsp3) is 0.350. The van der Waals surface area contributed by atoms with Gasteiger partial charge in [0.25, 0.3) is 0 Å². The Hall–Kier alpha value is -2.87. The highest BCUT2D eigenvalue weighted by molar-refractivity contribution is 5.90. The van der Waals surface area contributed by atoms with E-state index in [4.69, 9.17) is 16.7 Å². The standard InChI is InChI=1S/C14H13N5.C6H12/c1-9(4-10(6-15)7-16)11-2-3-13-12(5-11)14(17)19-8-18-13;1-2-4-6-5-3-1/h2-6,8H,15H2,1H3,(H2,17,18,19);1-6H2/b9-4+,10-6+;. The van der Waals surface area contributed by atoms with Crippen molar-refractivity contribution in [1.82, 2.24) is 9.97 Å². The number of hydrogen-bond donors (Lipinski definition) is 2. The van der Waals surface area contributed by atoms with Gasteiger partial charge in [0.05, 0.1) is 11.1 Å². The van der Waals surface area contributed by atoms with Gasteiger partial charge in [-0.25, -0.2) is 9.97 Å². The van der Waals surface area contributed by atoms with Crippen molar-refractivity contribution in [3.63, 3.8) is 0 Å². The van der Waals surface area contributed by atoms with Gasteiger partial charge < -0.3 is 11.5 Å². The second-order valence-electron chi connectivity index (χ2n) is 6.17. The summed E-state index contributed by atoms with van der Waals surface area (Å²) in [5, 5.41) is 9.65. The Morgan fingerprint density at radius 3 is 2.32 bits per heavy atom. The number of nitrogens with zero attached hydrogens (tertiary/aromatic N) is 3. The van der Waals surface area contributed by atoms with Crippen LogP contribution in [0, 0.1) is 11.3 Å². The van der Waals surface area contributed by atoms with Crippen LogP contribution in [0.5, 0.6) is 0 Å². The van der Waals surface area contributed by atoms with Crippen LogP contribution in [0.3, 0.4) is 0 Å². The third kappa shape index (κ3) is 5.32. The average Bonchev–Trinajstić information content (AvgIpc) is 2.68. The van der Waals surface area contributed by atoms with E-state index in [1.807, 2.05) is 31.2 Å². The normalized spacial score (nSPS) is 15.2. The maximum absolute atomic E-state index is 8.85. The summed E-state index contributed by atoms with van der Waals surface area (Å²) >= 11 is 0. The molecule has 130 valence electrons. The minimum atomic E-state index is 0.412. The van der Waals surface area contributed by atoms with Crippen molar-refractivity contribution in [3.8, 4) is 6.07 Å². The van der Waals surface area contributed by atoms with Gasteiger partial charge in [-0.1, -0.05) is 44.6 Å². The van der Waals surface area contributed by atoms with Gasteiger partial charge in [0.2, 0.25) is 0 Å². The van der Waals surface area contributed by atoms with Crippen molar-refractivity contribution in [2.24, 2.45) is 5.73 Å². The molecule has 1 aliphatic rings. The maximum Gasteiger partial charge on any atom is 0.134 e. The van der Waals surface area contributed by atoms with E-state index >= 15 is 0 Å². The minimum absolute atomic E-state index is 0.412. The van der Waals surface area contributed by atoms with Crippen LogP contribution in [0.4, 0.5) is 5.82 Å². The van der Waals surface area contributed by atoms with Crippen LogP contribution >= 0.6 is 0 Å². The highest BCUT2D eigenvalue weighted by Crippen LogP contribution is 2.23.